The molecule has 0 saturated heterocycles. The Morgan fingerprint density at radius 2 is 1.72 bits per heavy atom. The van der Waals surface area contributed by atoms with Gasteiger partial charge in [0, 0.05) is 11.3 Å². The van der Waals surface area contributed by atoms with Crippen LogP contribution < -0.4 is 18.9 Å². The van der Waals surface area contributed by atoms with E-state index in [1.54, 1.807) is 12.1 Å². The number of ether oxygens (including phenoxy) is 4. The van der Waals surface area contributed by atoms with Crippen molar-refractivity contribution in [3.05, 3.63) is 47.9 Å². The van der Waals surface area contributed by atoms with Crippen LogP contribution in [0.15, 0.2) is 40.8 Å². The number of hydrogen-bond donors (Lipinski definition) is 1. The fourth-order valence-electron chi connectivity index (χ4n) is 2.77. The highest BCUT2D eigenvalue weighted by atomic mass is 32.2. The normalized spacial score (nSPS) is 11.0. The van der Waals surface area contributed by atoms with Crippen LogP contribution in [0.1, 0.15) is 16.2 Å². The summed E-state index contributed by atoms with van der Waals surface area (Å²) in [6.45, 7) is -0.278. The van der Waals surface area contributed by atoms with Crippen molar-refractivity contribution >= 4 is 21.7 Å². The summed E-state index contributed by atoms with van der Waals surface area (Å²) in [6.07, 6.45) is 1.01. The number of nitrogens with zero attached hydrogens (tertiary/aromatic N) is 2. The molecule has 32 heavy (non-hydrogen) atoms. The Balaban J connectivity index is 1.72. The summed E-state index contributed by atoms with van der Waals surface area (Å²) in [5, 5.41) is 7.84. The molecule has 0 radical (unpaired) electrons. The number of esters is 1. The quantitative estimate of drug-likeness (QED) is 0.471. The predicted octanol–water partition coefficient (Wildman–Crippen LogP) is 2.49. The molecule has 0 aliphatic rings. The van der Waals surface area contributed by atoms with Gasteiger partial charge in [-0.1, -0.05) is 6.07 Å². The van der Waals surface area contributed by atoms with Crippen LogP contribution in [0.3, 0.4) is 0 Å². The lowest BCUT2D eigenvalue weighted by molar-refractivity contribution is 0.0438. The van der Waals surface area contributed by atoms with Crippen LogP contribution in [-0.4, -0.2) is 52.2 Å². The molecule has 170 valence electrons. The number of carbonyl (C=O) groups is 1. The predicted molar refractivity (Wildman–Crippen MR) is 113 cm³/mol. The van der Waals surface area contributed by atoms with Gasteiger partial charge in [-0.2, -0.15) is 0 Å². The molecule has 0 unspecified atom stereocenters. The molecule has 0 fully saturated rings. The molecule has 0 saturated carbocycles. The van der Waals surface area contributed by atoms with Crippen LogP contribution >= 0.6 is 0 Å². The van der Waals surface area contributed by atoms with Crippen LogP contribution in [0.25, 0.3) is 11.5 Å². The van der Waals surface area contributed by atoms with Gasteiger partial charge in [0.2, 0.25) is 21.7 Å². The van der Waals surface area contributed by atoms with Crippen molar-refractivity contribution in [2.75, 3.05) is 32.3 Å². The van der Waals surface area contributed by atoms with Crippen molar-refractivity contribution in [1.29, 1.82) is 0 Å². The topological polar surface area (TPSA) is 139 Å². The Hall–Kier alpha value is -3.80. The number of aromatic nitrogens is 2. The number of sulfonamides is 1. The molecule has 0 aliphatic carbocycles. The summed E-state index contributed by atoms with van der Waals surface area (Å²) >= 11 is 0. The highest BCUT2D eigenvalue weighted by Gasteiger charge is 2.18. The number of anilines is 1. The number of hydrogen-bond acceptors (Lipinski definition) is 10. The van der Waals surface area contributed by atoms with E-state index in [4.69, 9.17) is 23.4 Å². The van der Waals surface area contributed by atoms with E-state index in [-0.39, 0.29) is 29.6 Å². The summed E-state index contributed by atoms with van der Waals surface area (Å²) < 4.78 is 51.7. The molecule has 12 heteroatoms. The van der Waals surface area contributed by atoms with Gasteiger partial charge in [0.25, 0.3) is 5.89 Å². The first-order valence-corrected chi connectivity index (χ1v) is 11.0. The van der Waals surface area contributed by atoms with Gasteiger partial charge in [-0.3, -0.25) is 4.72 Å². The first-order chi connectivity index (χ1) is 15.2. The number of carbonyl (C=O) groups excluding carboxylic acids is 1. The van der Waals surface area contributed by atoms with Gasteiger partial charge in [0.15, 0.2) is 18.1 Å². The molecule has 0 aliphatic heterocycles. The number of methoxy groups -OCH3 is 3. The molecule has 1 N–H and O–H groups in total. The largest absolute Gasteiger partial charge is 0.493 e. The maximum absolute atomic E-state index is 12.3. The molecular weight excluding hydrogens is 442 g/mol. The summed E-state index contributed by atoms with van der Waals surface area (Å²) in [5.74, 6) is 0.781. The van der Waals surface area contributed by atoms with Gasteiger partial charge in [0.05, 0.1) is 33.1 Å². The fraction of sp³-hybridized carbons (Fsp3) is 0.250. The summed E-state index contributed by atoms with van der Waals surface area (Å²) in [4.78, 5) is 12.3. The molecule has 0 amide bonds. The van der Waals surface area contributed by atoms with Gasteiger partial charge in [-0.15, -0.1) is 10.2 Å². The lowest BCUT2D eigenvalue weighted by atomic mass is 10.2. The zero-order chi connectivity index (χ0) is 23.3. The zero-order valence-electron chi connectivity index (χ0n) is 17.7. The van der Waals surface area contributed by atoms with Gasteiger partial charge in [0.1, 0.15) is 0 Å². The summed E-state index contributed by atoms with van der Waals surface area (Å²) in [5.41, 5.74) is 0.913. The Bertz CT molecular complexity index is 1200. The van der Waals surface area contributed by atoms with E-state index in [1.165, 1.54) is 45.6 Å². The van der Waals surface area contributed by atoms with Crippen molar-refractivity contribution in [3.8, 4) is 28.7 Å². The third-order valence-corrected chi connectivity index (χ3v) is 4.71. The smallest absolute Gasteiger partial charge is 0.338 e. The fourth-order valence-corrected chi connectivity index (χ4v) is 3.32. The minimum absolute atomic E-state index is 0.0625. The van der Waals surface area contributed by atoms with E-state index in [0.717, 1.165) is 6.26 Å². The standard InChI is InChI=1S/C20H21N3O8S/c1-27-15-9-13(10-16(28-2)18(15)29-3)19-22-21-17(31-19)11-30-20(24)12-6-5-7-14(8-12)23-32(4,25)26/h5-10,23H,11H2,1-4H3. The molecule has 3 aromatic rings. The van der Waals surface area contributed by atoms with Gasteiger partial charge in [-0.25, -0.2) is 13.2 Å². The lowest BCUT2D eigenvalue weighted by Crippen LogP contribution is -2.11. The molecule has 3 rings (SSSR count). The van der Waals surface area contributed by atoms with E-state index >= 15 is 0 Å². The molecule has 0 atom stereocenters. The minimum Gasteiger partial charge on any atom is -0.493 e. The molecule has 0 bridgehead atoms. The number of nitrogens with one attached hydrogen (secondary N) is 1. The van der Waals surface area contributed by atoms with Crippen LogP contribution in [-0.2, 0) is 21.4 Å². The third-order valence-electron chi connectivity index (χ3n) is 4.11. The van der Waals surface area contributed by atoms with Crippen molar-refractivity contribution in [2.24, 2.45) is 0 Å². The van der Waals surface area contributed by atoms with Crippen LogP contribution in [0.4, 0.5) is 5.69 Å². The van der Waals surface area contributed by atoms with E-state index in [1.807, 2.05) is 0 Å². The zero-order valence-corrected chi connectivity index (χ0v) is 18.6. The molecular formula is C20H21N3O8S. The average molecular weight is 463 g/mol. The first kappa shape index (κ1) is 22.9. The molecule has 1 aromatic heterocycles. The van der Waals surface area contributed by atoms with Gasteiger partial charge >= 0.3 is 5.97 Å². The molecule has 0 spiro atoms. The Morgan fingerprint density at radius 3 is 2.31 bits per heavy atom. The minimum atomic E-state index is -3.47. The van der Waals surface area contributed by atoms with E-state index in [9.17, 15) is 13.2 Å². The van der Waals surface area contributed by atoms with Gasteiger partial charge in [-0.05, 0) is 30.3 Å². The summed E-state index contributed by atoms with van der Waals surface area (Å²) in [7, 11) is 0.991. The van der Waals surface area contributed by atoms with Crippen molar-refractivity contribution in [2.45, 2.75) is 6.61 Å². The molecule has 1 heterocycles. The van der Waals surface area contributed by atoms with E-state index in [0.29, 0.717) is 22.8 Å². The van der Waals surface area contributed by atoms with Crippen molar-refractivity contribution in [3.63, 3.8) is 0 Å². The van der Waals surface area contributed by atoms with Crippen molar-refractivity contribution < 1.29 is 36.6 Å². The number of rotatable bonds is 9. The summed E-state index contributed by atoms with van der Waals surface area (Å²) in [6, 6.07) is 9.18. The monoisotopic (exact) mass is 463 g/mol. The van der Waals surface area contributed by atoms with Gasteiger partial charge < -0.3 is 23.4 Å². The molecule has 2 aromatic carbocycles. The maximum atomic E-state index is 12.3. The first-order valence-electron chi connectivity index (χ1n) is 9.11. The Morgan fingerprint density at radius 1 is 1.03 bits per heavy atom. The van der Waals surface area contributed by atoms with Crippen LogP contribution in [0.2, 0.25) is 0 Å². The molecule has 11 nitrogen and oxygen atoms in total. The SMILES string of the molecule is COc1cc(-c2nnc(COC(=O)c3cccc(NS(C)(=O)=O)c3)o2)cc(OC)c1OC. The highest BCUT2D eigenvalue weighted by Crippen LogP contribution is 2.40. The van der Waals surface area contributed by atoms with E-state index < -0.39 is 16.0 Å². The Labute approximate surface area is 184 Å². The average Bonchev–Trinajstić information content (AvgIpc) is 3.24. The van der Waals surface area contributed by atoms with E-state index in [2.05, 4.69) is 14.9 Å². The maximum Gasteiger partial charge on any atom is 0.338 e. The van der Waals surface area contributed by atoms with Crippen LogP contribution in [0.5, 0.6) is 17.2 Å². The second kappa shape index (κ2) is 9.56. The van der Waals surface area contributed by atoms with Crippen molar-refractivity contribution in [1.82, 2.24) is 10.2 Å². The number of benzene rings is 2. The lowest BCUT2D eigenvalue weighted by Gasteiger charge is -2.12. The second-order valence-corrected chi connectivity index (χ2v) is 8.19. The third kappa shape index (κ3) is 5.46. The van der Waals surface area contributed by atoms with Crippen LogP contribution in [0, 0.1) is 0 Å². The Kier molecular flexibility index (Phi) is 6.83. The highest BCUT2D eigenvalue weighted by molar-refractivity contribution is 7.92. The second-order valence-electron chi connectivity index (χ2n) is 6.45.